The molecule has 3 rings (SSSR count). The molecule has 7 heteroatoms. The fourth-order valence-corrected chi connectivity index (χ4v) is 3.20. The summed E-state index contributed by atoms with van der Waals surface area (Å²) >= 11 is 0. The monoisotopic (exact) mass is 333 g/mol. The van der Waals surface area contributed by atoms with Crippen molar-refractivity contribution in [2.24, 2.45) is 5.73 Å². The molecule has 0 spiro atoms. The van der Waals surface area contributed by atoms with E-state index in [4.69, 9.17) is 5.73 Å². The van der Waals surface area contributed by atoms with E-state index in [1.54, 1.807) is 10.6 Å². The van der Waals surface area contributed by atoms with Crippen LogP contribution in [-0.2, 0) is 6.54 Å². The number of rotatable bonds is 3. The number of carboxylic acid groups (broad SMARTS) is 1. The van der Waals surface area contributed by atoms with Crippen LogP contribution in [0.1, 0.15) is 30.1 Å². The van der Waals surface area contributed by atoms with Gasteiger partial charge in [0, 0.05) is 37.3 Å². The topological polar surface area (TPSA) is 88.6 Å². The van der Waals surface area contributed by atoms with Gasteiger partial charge in [-0.1, -0.05) is 0 Å². The molecule has 0 unspecified atom stereocenters. The van der Waals surface area contributed by atoms with Crippen LogP contribution in [0, 0.1) is 5.82 Å². The summed E-state index contributed by atoms with van der Waals surface area (Å²) in [6.07, 6.45) is 2.90. The number of aromatic nitrogens is 1. The molecule has 2 heterocycles. The van der Waals surface area contributed by atoms with Gasteiger partial charge in [0.05, 0.1) is 11.2 Å². The highest BCUT2D eigenvalue weighted by Crippen LogP contribution is 2.27. The first-order valence-electron chi connectivity index (χ1n) is 8.03. The van der Waals surface area contributed by atoms with Gasteiger partial charge >= 0.3 is 5.97 Å². The summed E-state index contributed by atoms with van der Waals surface area (Å²) in [5, 5.41) is 9.26. The second kappa shape index (κ2) is 6.24. The Morgan fingerprint density at radius 1 is 1.38 bits per heavy atom. The van der Waals surface area contributed by atoms with Gasteiger partial charge in [-0.15, -0.1) is 0 Å². The molecule has 0 amide bonds. The number of fused-ring (bicyclic) bond motifs is 1. The SMILES string of the molecule is CCn1cc(C(=O)O)c(=O)c2cc(F)c(N3CCC(N)CC3)cc21. The molecular weight excluding hydrogens is 313 g/mol. The normalized spacial score (nSPS) is 15.9. The number of anilines is 1. The molecule has 0 bridgehead atoms. The average Bonchev–Trinajstić information content (AvgIpc) is 2.56. The van der Waals surface area contributed by atoms with Gasteiger partial charge in [0.1, 0.15) is 11.4 Å². The summed E-state index contributed by atoms with van der Waals surface area (Å²) in [6.45, 7) is 3.64. The Morgan fingerprint density at radius 2 is 2.04 bits per heavy atom. The number of halogens is 1. The minimum absolute atomic E-state index is 0.0895. The molecule has 1 fully saturated rings. The third kappa shape index (κ3) is 2.75. The van der Waals surface area contributed by atoms with Crippen molar-refractivity contribution in [3.05, 3.63) is 39.9 Å². The number of benzene rings is 1. The minimum atomic E-state index is -1.31. The first-order chi connectivity index (χ1) is 11.4. The number of pyridine rings is 1. The van der Waals surface area contributed by atoms with Crippen LogP contribution in [0.15, 0.2) is 23.1 Å². The molecule has 3 N–H and O–H groups in total. The Bertz CT molecular complexity index is 854. The van der Waals surface area contributed by atoms with E-state index in [1.165, 1.54) is 6.20 Å². The number of nitrogens with two attached hydrogens (primary N) is 1. The molecule has 0 atom stereocenters. The second-order valence-corrected chi connectivity index (χ2v) is 6.11. The van der Waals surface area contributed by atoms with Crippen LogP contribution in [0.25, 0.3) is 10.9 Å². The standard InChI is InChI=1S/C17H20FN3O3/c1-2-20-9-12(17(23)24)16(22)11-7-13(18)15(8-14(11)20)21-5-3-10(19)4-6-21/h7-10H,2-6,19H2,1H3,(H,23,24). The van der Waals surface area contributed by atoms with Gasteiger partial charge < -0.3 is 20.3 Å². The van der Waals surface area contributed by atoms with Crippen LogP contribution in [0.5, 0.6) is 0 Å². The third-order valence-corrected chi connectivity index (χ3v) is 4.60. The van der Waals surface area contributed by atoms with Gasteiger partial charge in [-0.3, -0.25) is 4.79 Å². The first kappa shape index (κ1) is 16.4. The van der Waals surface area contributed by atoms with E-state index in [0.717, 1.165) is 18.9 Å². The number of aryl methyl sites for hydroxylation is 1. The number of carboxylic acids is 1. The quantitative estimate of drug-likeness (QED) is 0.894. The second-order valence-electron chi connectivity index (χ2n) is 6.11. The van der Waals surface area contributed by atoms with Crippen LogP contribution < -0.4 is 16.1 Å². The molecule has 0 aliphatic carbocycles. The van der Waals surface area contributed by atoms with Crippen LogP contribution in [0.2, 0.25) is 0 Å². The fourth-order valence-electron chi connectivity index (χ4n) is 3.20. The zero-order valence-electron chi connectivity index (χ0n) is 13.5. The lowest BCUT2D eigenvalue weighted by molar-refractivity contribution is 0.0695. The molecule has 1 aliphatic heterocycles. The van der Waals surface area contributed by atoms with Crippen molar-refractivity contribution in [1.82, 2.24) is 4.57 Å². The molecule has 24 heavy (non-hydrogen) atoms. The summed E-state index contributed by atoms with van der Waals surface area (Å²) < 4.78 is 16.2. The lowest BCUT2D eigenvalue weighted by Gasteiger charge is -2.32. The molecule has 1 aromatic carbocycles. The van der Waals surface area contributed by atoms with Gasteiger partial charge in [0.25, 0.3) is 0 Å². The van der Waals surface area contributed by atoms with Crippen LogP contribution in [0.3, 0.4) is 0 Å². The molecule has 2 aromatic rings. The molecule has 1 aliphatic rings. The zero-order chi connectivity index (χ0) is 17.4. The predicted octanol–water partition coefficient (Wildman–Crippen LogP) is 1.79. The van der Waals surface area contributed by atoms with Gasteiger partial charge in [-0.2, -0.15) is 0 Å². The highest BCUT2D eigenvalue weighted by molar-refractivity contribution is 5.93. The number of aromatic carboxylic acids is 1. The number of carbonyl (C=O) groups is 1. The van der Waals surface area contributed by atoms with Crippen LogP contribution >= 0.6 is 0 Å². The molecule has 128 valence electrons. The Morgan fingerprint density at radius 3 is 2.62 bits per heavy atom. The van der Waals surface area contributed by atoms with E-state index < -0.39 is 17.2 Å². The number of hydrogen-bond acceptors (Lipinski definition) is 4. The number of hydrogen-bond donors (Lipinski definition) is 2. The Balaban J connectivity index is 2.18. The third-order valence-electron chi connectivity index (χ3n) is 4.60. The van der Waals surface area contributed by atoms with Crippen molar-refractivity contribution in [1.29, 1.82) is 0 Å². The summed E-state index contributed by atoms with van der Waals surface area (Å²) in [4.78, 5) is 25.5. The van der Waals surface area contributed by atoms with Crippen molar-refractivity contribution in [2.75, 3.05) is 18.0 Å². The van der Waals surface area contributed by atoms with Gasteiger partial charge in [0.15, 0.2) is 0 Å². The highest BCUT2D eigenvalue weighted by atomic mass is 19.1. The van der Waals surface area contributed by atoms with E-state index in [9.17, 15) is 19.1 Å². The van der Waals surface area contributed by atoms with Gasteiger partial charge in [-0.25, -0.2) is 9.18 Å². The number of nitrogens with zero attached hydrogens (tertiary/aromatic N) is 2. The summed E-state index contributed by atoms with van der Waals surface area (Å²) in [5.74, 6) is -1.82. The summed E-state index contributed by atoms with van der Waals surface area (Å²) in [7, 11) is 0. The summed E-state index contributed by atoms with van der Waals surface area (Å²) in [6, 6.07) is 2.93. The van der Waals surface area contributed by atoms with Crippen molar-refractivity contribution < 1.29 is 14.3 Å². The van der Waals surface area contributed by atoms with Crippen molar-refractivity contribution in [3.8, 4) is 0 Å². The van der Waals surface area contributed by atoms with E-state index in [2.05, 4.69) is 0 Å². The predicted molar refractivity (Wildman–Crippen MR) is 90.2 cm³/mol. The molecular formula is C17H20FN3O3. The average molecular weight is 333 g/mol. The van der Waals surface area contributed by atoms with E-state index in [-0.39, 0.29) is 17.0 Å². The van der Waals surface area contributed by atoms with Crippen molar-refractivity contribution in [3.63, 3.8) is 0 Å². The van der Waals surface area contributed by atoms with Crippen LogP contribution in [0.4, 0.5) is 10.1 Å². The maximum absolute atomic E-state index is 14.6. The Labute approximate surface area is 138 Å². The zero-order valence-corrected chi connectivity index (χ0v) is 13.5. The fraction of sp³-hybridized carbons (Fsp3) is 0.412. The largest absolute Gasteiger partial charge is 0.477 e. The van der Waals surface area contributed by atoms with E-state index in [1.807, 2.05) is 11.8 Å². The smallest absolute Gasteiger partial charge is 0.341 e. The molecule has 1 saturated heterocycles. The van der Waals surface area contributed by atoms with Crippen LogP contribution in [-0.4, -0.2) is 34.8 Å². The van der Waals surface area contributed by atoms with Gasteiger partial charge in [0.2, 0.25) is 5.43 Å². The van der Waals surface area contributed by atoms with E-state index >= 15 is 0 Å². The Kier molecular flexibility index (Phi) is 4.28. The van der Waals surface area contributed by atoms with Gasteiger partial charge in [-0.05, 0) is 31.9 Å². The maximum atomic E-state index is 14.6. The number of piperidine rings is 1. The lowest BCUT2D eigenvalue weighted by atomic mass is 10.0. The Hall–Kier alpha value is -2.41. The van der Waals surface area contributed by atoms with E-state index in [0.29, 0.717) is 30.8 Å². The molecule has 0 saturated carbocycles. The first-order valence-corrected chi connectivity index (χ1v) is 8.03. The lowest BCUT2D eigenvalue weighted by Crippen LogP contribution is -2.40. The minimum Gasteiger partial charge on any atom is -0.477 e. The maximum Gasteiger partial charge on any atom is 0.341 e. The molecule has 6 nitrogen and oxygen atoms in total. The van der Waals surface area contributed by atoms with Crippen molar-refractivity contribution >= 4 is 22.6 Å². The summed E-state index contributed by atoms with van der Waals surface area (Å²) in [5.41, 5.74) is 5.86. The van der Waals surface area contributed by atoms with Crippen molar-refractivity contribution in [2.45, 2.75) is 32.4 Å². The molecule has 0 radical (unpaired) electrons. The molecule has 1 aromatic heterocycles. The highest BCUT2D eigenvalue weighted by Gasteiger charge is 2.22.